The highest BCUT2D eigenvalue weighted by Gasteiger charge is 2.32. The lowest BCUT2D eigenvalue weighted by atomic mass is 9.96. The van der Waals surface area contributed by atoms with Gasteiger partial charge in [0.05, 0.1) is 19.3 Å². The first-order valence-electron chi connectivity index (χ1n) is 7.35. The highest BCUT2D eigenvalue weighted by molar-refractivity contribution is 5.59. The summed E-state index contributed by atoms with van der Waals surface area (Å²) in [6.45, 7) is 15.2. The van der Waals surface area contributed by atoms with E-state index in [4.69, 9.17) is 11.3 Å². The van der Waals surface area contributed by atoms with Crippen LogP contribution >= 0.6 is 0 Å². The summed E-state index contributed by atoms with van der Waals surface area (Å²) < 4.78 is 20.0. The molecule has 0 saturated carbocycles. The lowest BCUT2D eigenvalue weighted by molar-refractivity contribution is -0.0720. The van der Waals surface area contributed by atoms with Crippen LogP contribution in [0.25, 0.3) is 4.85 Å². The number of halogens is 1. The number of piperazine rings is 1. The molecule has 1 aromatic carbocycles. The van der Waals surface area contributed by atoms with Crippen molar-refractivity contribution in [3.05, 3.63) is 40.0 Å². The second-order valence-electron chi connectivity index (χ2n) is 5.86. The van der Waals surface area contributed by atoms with E-state index >= 15 is 0 Å². The van der Waals surface area contributed by atoms with E-state index in [0.29, 0.717) is 23.8 Å². The average Bonchev–Trinajstić information content (AvgIpc) is 2.51. The highest BCUT2D eigenvalue weighted by atomic mass is 19.1. The summed E-state index contributed by atoms with van der Waals surface area (Å²) in [5.74, 6) is -0.401. The van der Waals surface area contributed by atoms with Gasteiger partial charge in [0.2, 0.25) is 5.69 Å². The first kappa shape index (κ1) is 14.5. The van der Waals surface area contributed by atoms with Crippen molar-refractivity contribution in [2.24, 2.45) is 0 Å². The molecule has 0 amide bonds. The smallest absolute Gasteiger partial charge is 0.225 e. The van der Waals surface area contributed by atoms with Gasteiger partial charge in [-0.3, -0.25) is 4.90 Å². The minimum atomic E-state index is -0.401. The molecule has 2 aliphatic heterocycles. The van der Waals surface area contributed by atoms with Crippen LogP contribution < -0.4 is 5.32 Å². The number of benzene rings is 1. The van der Waals surface area contributed by atoms with Gasteiger partial charge in [-0.25, -0.2) is 9.24 Å². The van der Waals surface area contributed by atoms with Crippen molar-refractivity contribution in [2.45, 2.75) is 26.0 Å². The molecule has 2 atom stereocenters. The second kappa shape index (κ2) is 5.72. The van der Waals surface area contributed by atoms with Crippen LogP contribution in [0.1, 0.15) is 22.8 Å². The molecule has 0 aromatic heterocycles. The van der Waals surface area contributed by atoms with Crippen molar-refractivity contribution in [2.75, 3.05) is 32.8 Å². The Bertz CT molecular complexity index is 596. The predicted molar refractivity (Wildman–Crippen MR) is 79.1 cm³/mol. The van der Waals surface area contributed by atoms with Gasteiger partial charge in [-0.1, -0.05) is 6.07 Å². The van der Waals surface area contributed by atoms with Crippen LogP contribution in [-0.4, -0.2) is 43.7 Å². The lowest BCUT2D eigenvalue weighted by Gasteiger charge is -2.43. The van der Waals surface area contributed by atoms with Gasteiger partial charge in [0.25, 0.3) is 0 Å². The monoisotopic (exact) mass is 289 g/mol. The van der Waals surface area contributed by atoms with Gasteiger partial charge in [0.15, 0.2) is 0 Å². The van der Waals surface area contributed by atoms with Crippen LogP contribution in [0.5, 0.6) is 0 Å². The fourth-order valence-corrected chi connectivity index (χ4v) is 3.25. The molecule has 2 fully saturated rings. The van der Waals surface area contributed by atoms with E-state index < -0.39 is 5.82 Å². The number of fused-ring (bicyclic) bond motifs is 1. The van der Waals surface area contributed by atoms with E-state index in [0.717, 1.165) is 31.7 Å². The number of hydrogen-bond donors (Lipinski definition) is 1. The highest BCUT2D eigenvalue weighted by Crippen LogP contribution is 2.35. The van der Waals surface area contributed by atoms with Gasteiger partial charge in [-0.2, -0.15) is 0 Å². The van der Waals surface area contributed by atoms with Gasteiger partial charge < -0.3 is 10.1 Å². The van der Waals surface area contributed by atoms with Crippen molar-refractivity contribution in [3.63, 3.8) is 0 Å². The average molecular weight is 289 g/mol. The molecule has 4 nitrogen and oxygen atoms in total. The van der Waals surface area contributed by atoms with Crippen molar-refractivity contribution in [1.82, 2.24) is 10.2 Å². The van der Waals surface area contributed by atoms with E-state index in [1.165, 1.54) is 0 Å². The molecule has 5 heteroatoms. The number of ether oxygens (including phenoxy) is 1. The molecule has 0 bridgehead atoms. The Morgan fingerprint density at radius 3 is 3.05 bits per heavy atom. The molecule has 112 valence electrons. The predicted octanol–water partition coefficient (Wildman–Crippen LogP) is 2.34. The number of hydrogen-bond acceptors (Lipinski definition) is 3. The topological polar surface area (TPSA) is 28.9 Å². The third-order valence-electron chi connectivity index (χ3n) is 4.54. The molecule has 0 aliphatic carbocycles. The summed E-state index contributed by atoms with van der Waals surface area (Å²) in [6, 6.07) is 2.27. The Labute approximate surface area is 124 Å². The molecule has 2 aliphatic rings. The van der Waals surface area contributed by atoms with Gasteiger partial charge >= 0.3 is 0 Å². The van der Waals surface area contributed by atoms with Crippen molar-refractivity contribution >= 4 is 5.69 Å². The maximum Gasteiger partial charge on any atom is 0.225 e. The molecule has 1 N–H and O–H groups in total. The Morgan fingerprint density at radius 1 is 1.48 bits per heavy atom. The van der Waals surface area contributed by atoms with Crippen LogP contribution in [0, 0.1) is 26.2 Å². The van der Waals surface area contributed by atoms with Crippen molar-refractivity contribution < 1.29 is 9.13 Å². The standard InChI is InChI=1S/C16H20FN3O/c1-10-6-13(11(2)16(18-3)15(10)17)14-8-20-5-4-19-7-12(20)9-21-14/h6,12,14,19H,4-5,7-9H2,1-2H3/t12-,14+/m1/s1. The molecule has 2 saturated heterocycles. The molecule has 21 heavy (non-hydrogen) atoms. The minimum Gasteiger partial charge on any atom is -0.371 e. The number of rotatable bonds is 1. The third kappa shape index (κ3) is 2.55. The summed E-state index contributed by atoms with van der Waals surface area (Å²) in [4.78, 5) is 5.79. The zero-order chi connectivity index (χ0) is 15.0. The van der Waals surface area contributed by atoms with Crippen LogP contribution in [-0.2, 0) is 4.74 Å². The van der Waals surface area contributed by atoms with E-state index in [1.807, 2.05) is 13.0 Å². The largest absolute Gasteiger partial charge is 0.371 e. The molecule has 0 radical (unpaired) electrons. The Kier molecular flexibility index (Phi) is 3.94. The fraction of sp³-hybridized carbons (Fsp3) is 0.562. The van der Waals surface area contributed by atoms with Gasteiger partial charge in [-0.15, -0.1) is 0 Å². The maximum absolute atomic E-state index is 14.0. The zero-order valence-electron chi connectivity index (χ0n) is 12.4. The SMILES string of the molecule is [C-]#[N+]c1c(C)c([C@@H]2CN3CCNC[C@@H]3CO2)cc(C)c1F. The maximum atomic E-state index is 14.0. The zero-order valence-corrected chi connectivity index (χ0v) is 12.4. The molecular weight excluding hydrogens is 269 g/mol. The molecule has 1 aromatic rings. The van der Waals surface area contributed by atoms with Crippen LogP contribution in [0.2, 0.25) is 0 Å². The van der Waals surface area contributed by atoms with Gasteiger partial charge in [-0.05, 0) is 30.5 Å². The normalized spacial score (nSPS) is 26.2. The summed E-state index contributed by atoms with van der Waals surface area (Å²) >= 11 is 0. The molecule has 2 heterocycles. The van der Waals surface area contributed by atoms with E-state index in [2.05, 4.69) is 15.1 Å². The summed E-state index contributed by atoms with van der Waals surface area (Å²) in [5, 5.41) is 3.37. The summed E-state index contributed by atoms with van der Waals surface area (Å²) in [6.07, 6.45) is -0.0702. The second-order valence-corrected chi connectivity index (χ2v) is 5.86. The minimum absolute atomic E-state index is 0.0702. The molecule has 0 spiro atoms. The summed E-state index contributed by atoms with van der Waals surface area (Å²) in [5.41, 5.74) is 2.33. The third-order valence-corrected chi connectivity index (χ3v) is 4.54. The van der Waals surface area contributed by atoms with Crippen molar-refractivity contribution in [1.29, 1.82) is 0 Å². The van der Waals surface area contributed by atoms with Gasteiger partial charge in [0, 0.05) is 32.2 Å². The molecule has 3 rings (SSSR count). The van der Waals surface area contributed by atoms with Crippen LogP contribution in [0.15, 0.2) is 6.07 Å². The first-order valence-corrected chi connectivity index (χ1v) is 7.35. The first-order chi connectivity index (χ1) is 10.1. The Morgan fingerprint density at radius 2 is 2.29 bits per heavy atom. The van der Waals surface area contributed by atoms with Gasteiger partial charge in [0.1, 0.15) is 5.82 Å². The molecular formula is C16H20FN3O. The van der Waals surface area contributed by atoms with E-state index in [9.17, 15) is 4.39 Å². The number of nitrogens with one attached hydrogen (secondary N) is 1. The van der Waals surface area contributed by atoms with Crippen LogP contribution in [0.3, 0.4) is 0 Å². The Balaban J connectivity index is 1.91. The number of nitrogens with zero attached hydrogens (tertiary/aromatic N) is 2. The van der Waals surface area contributed by atoms with E-state index in [1.54, 1.807) is 6.92 Å². The Hall–Kier alpha value is -1.48. The van der Waals surface area contributed by atoms with Crippen LogP contribution in [0.4, 0.5) is 10.1 Å². The quantitative estimate of drug-likeness (QED) is 0.805. The van der Waals surface area contributed by atoms with Crippen molar-refractivity contribution in [3.8, 4) is 0 Å². The van der Waals surface area contributed by atoms with E-state index in [-0.39, 0.29) is 11.8 Å². The summed E-state index contributed by atoms with van der Waals surface area (Å²) in [7, 11) is 0. The number of aryl methyl sites for hydroxylation is 1. The molecule has 0 unspecified atom stereocenters. The lowest BCUT2D eigenvalue weighted by Crippen LogP contribution is -2.57. The number of morpholine rings is 1. The fourth-order valence-electron chi connectivity index (χ4n) is 3.25.